The first kappa shape index (κ1) is 11.5. The maximum atomic E-state index is 5.95. The molecule has 0 saturated heterocycles. The molecule has 0 aliphatic rings. The van der Waals surface area contributed by atoms with Gasteiger partial charge in [-0.05, 0) is 13.0 Å². The van der Waals surface area contributed by atoms with E-state index in [1.54, 1.807) is 11.3 Å². The Labute approximate surface area is 113 Å². The molecule has 3 rings (SSSR count). The number of fused-ring (bicyclic) bond motifs is 1. The van der Waals surface area contributed by atoms with Crippen molar-refractivity contribution in [3.63, 3.8) is 0 Å². The van der Waals surface area contributed by atoms with Crippen molar-refractivity contribution < 1.29 is 0 Å². The first-order chi connectivity index (χ1) is 8.78. The van der Waals surface area contributed by atoms with Crippen LogP contribution >= 0.6 is 22.9 Å². The van der Waals surface area contributed by atoms with Crippen molar-refractivity contribution in [3.8, 4) is 10.6 Å². The number of halogens is 1. The highest BCUT2D eigenvalue weighted by molar-refractivity contribution is 7.18. The van der Waals surface area contributed by atoms with Crippen LogP contribution in [0.5, 0.6) is 0 Å². The van der Waals surface area contributed by atoms with Crippen LogP contribution < -0.4 is 5.32 Å². The number of nitrogens with one attached hydrogen (secondary N) is 1. The highest BCUT2D eigenvalue weighted by atomic mass is 35.5. The van der Waals surface area contributed by atoms with E-state index < -0.39 is 0 Å². The molecule has 6 heteroatoms. The van der Waals surface area contributed by atoms with Gasteiger partial charge in [0.2, 0.25) is 0 Å². The fourth-order valence-corrected chi connectivity index (χ4v) is 2.81. The van der Waals surface area contributed by atoms with E-state index in [1.165, 1.54) is 0 Å². The molecule has 0 aliphatic heterocycles. The molecule has 3 aromatic rings. The zero-order chi connectivity index (χ0) is 12.5. The highest BCUT2D eigenvalue weighted by Gasteiger charge is 2.09. The van der Waals surface area contributed by atoms with Crippen molar-refractivity contribution in [2.24, 2.45) is 0 Å². The quantitative estimate of drug-likeness (QED) is 0.797. The van der Waals surface area contributed by atoms with Crippen LogP contribution in [-0.4, -0.2) is 20.9 Å². The molecule has 0 aromatic carbocycles. The van der Waals surface area contributed by atoms with Crippen LogP contribution in [0.15, 0.2) is 30.7 Å². The zero-order valence-corrected chi connectivity index (χ0v) is 11.3. The predicted octanol–water partition coefficient (Wildman–Crippen LogP) is 3.54. The molecule has 0 aliphatic carbocycles. The molecule has 92 valence electrons. The third-order valence-corrected chi connectivity index (χ3v) is 3.77. The summed E-state index contributed by atoms with van der Waals surface area (Å²) in [5.74, 6) is 0. The lowest BCUT2D eigenvalue weighted by Crippen LogP contribution is -1.94. The van der Waals surface area contributed by atoms with Crippen molar-refractivity contribution in [3.05, 3.63) is 35.7 Å². The Balaban J connectivity index is 2.07. The number of hydrogen-bond donors (Lipinski definition) is 1. The third kappa shape index (κ3) is 1.95. The van der Waals surface area contributed by atoms with Crippen molar-refractivity contribution >= 4 is 33.7 Å². The van der Waals surface area contributed by atoms with Gasteiger partial charge in [0.15, 0.2) is 5.13 Å². The van der Waals surface area contributed by atoms with Gasteiger partial charge < -0.3 is 5.32 Å². The molecule has 0 atom stereocenters. The fraction of sp³-hybridized carbons (Fsp3) is 0.167. The van der Waals surface area contributed by atoms with Crippen LogP contribution in [-0.2, 0) is 0 Å². The average molecular weight is 279 g/mol. The van der Waals surface area contributed by atoms with Gasteiger partial charge in [-0.1, -0.05) is 22.9 Å². The molecule has 1 N–H and O–H groups in total. The molecule has 4 nitrogen and oxygen atoms in total. The first-order valence-electron chi connectivity index (χ1n) is 5.60. The van der Waals surface area contributed by atoms with Gasteiger partial charge in [-0.3, -0.25) is 4.40 Å². The van der Waals surface area contributed by atoms with Crippen molar-refractivity contribution in [2.45, 2.75) is 6.92 Å². The topological polar surface area (TPSA) is 42.2 Å². The monoisotopic (exact) mass is 278 g/mol. The Bertz CT molecular complexity index is 688. The highest BCUT2D eigenvalue weighted by Crippen LogP contribution is 2.29. The number of pyridine rings is 1. The maximum absolute atomic E-state index is 5.95. The largest absolute Gasteiger partial charge is 0.362 e. The summed E-state index contributed by atoms with van der Waals surface area (Å²) in [6.07, 6.45) is 5.63. The molecule has 3 heterocycles. The minimum absolute atomic E-state index is 0.692. The van der Waals surface area contributed by atoms with Gasteiger partial charge in [0, 0.05) is 30.0 Å². The molecule has 0 amide bonds. The number of imidazole rings is 1. The summed E-state index contributed by atoms with van der Waals surface area (Å²) >= 11 is 7.56. The number of rotatable bonds is 3. The van der Waals surface area contributed by atoms with E-state index in [1.807, 2.05) is 35.1 Å². The molecule has 0 spiro atoms. The Morgan fingerprint density at radius 3 is 3.11 bits per heavy atom. The van der Waals surface area contributed by atoms with Crippen LogP contribution in [0.25, 0.3) is 16.2 Å². The van der Waals surface area contributed by atoms with Gasteiger partial charge in [-0.2, -0.15) is 0 Å². The lowest BCUT2D eigenvalue weighted by Gasteiger charge is -1.98. The second-order valence-corrected chi connectivity index (χ2v) is 5.24. The van der Waals surface area contributed by atoms with E-state index in [4.69, 9.17) is 11.6 Å². The minimum atomic E-state index is 0.692. The minimum Gasteiger partial charge on any atom is -0.362 e. The lowest BCUT2D eigenvalue weighted by molar-refractivity contribution is 1.18. The smallest absolute Gasteiger partial charge is 0.183 e. The van der Waals surface area contributed by atoms with E-state index in [9.17, 15) is 0 Å². The van der Waals surface area contributed by atoms with Gasteiger partial charge >= 0.3 is 0 Å². The van der Waals surface area contributed by atoms with Gasteiger partial charge in [-0.25, -0.2) is 9.97 Å². The maximum Gasteiger partial charge on any atom is 0.183 e. The van der Waals surface area contributed by atoms with Crippen LogP contribution in [0.2, 0.25) is 5.02 Å². The SMILES string of the molecule is CCNc1ncc(-c2cnc3cc(Cl)ccn23)s1. The summed E-state index contributed by atoms with van der Waals surface area (Å²) in [6, 6.07) is 3.70. The average Bonchev–Trinajstić information content (AvgIpc) is 2.95. The van der Waals surface area contributed by atoms with E-state index >= 15 is 0 Å². The van der Waals surface area contributed by atoms with Gasteiger partial charge in [0.05, 0.1) is 16.8 Å². The summed E-state index contributed by atoms with van der Waals surface area (Å²) < 4.78 is 2.01. The van der Waals surface area contributed by atoms with E-state index in [0.29, 0.717) is 5.02 Å². The van der Waals surface area contributed by atoms with Crippen LogP contribution in [0.4, 0.5) is 5.13 Å². The first-order valence-corrected chi connectivity index (χ1v) is 6.80. The number of anilines is 1. The molecule has 0 saturated carbocycles. The number of nitrogens with zero attached hydrogens (tertiary/aromatic N) is 3. The van der Waals surface area contributed by atoms with Crippen LogP contribution in [0.3, 0.4) is 0 Å². The van der Waals surface area contributed by atoms with E-state index in [0.717, 1.165) is 27.9 Å². The number of thiazole rings is 1. The molecular weight excluding hydrogens is 268 g/mol. The second-order valence-electron chi connectivity index (χ2n) is 3.78. The van der Waals surface area contributed by atoms with Crippen molar-refractivity contribution in [2.75, 3.05) is 11.9 Å². The zero-order valence-electron chi connectivity index (χ0n) is 9.72. The Hall–Kier alpha value is -1.59. The van der Waals surface area contributed by atoms with Gasteiger partial charge in [-0.15, -0.1) is 0 Å². The lowest BCUT2D eigenvalue weighted by atomic mass is 10.4. The molecule has 18 heavy (non-hydrogen) atoms. The fourth-order valence-electron chi connectivity index (χ4n) is 1.76. The molecule has 0 radical (unpaired) electrons. The summed E-state index contributed by atoms with van der Waals surface area (Å²) in [5.41, 5.74) is 1.87. The summed E-state index contributed by atoms with van der Waals surface area (Å²) in [7, 11) is 0. The van der Waals surface area contributed by atoms with Crippen molar-refractivity contribution in [1.29, 1.82) is 0 Å². The third-order valence-electron chi connectivity index (χ3n) is 2.56. The molecule has 0 fully saturated rings. The Morgan fingerprint density at radius 2 is 2.28 bits per heavy atom. The van der Waals surface area contributed by atoms with Crippen molar-refractivity contribution in [1.82, 2.24) is 14.4 Å². The second kappa shape index (κ2) is 4.59. The van der Waals surface area contributed by atoms with Crippen LogP contribution in [0, 0.1) is 0 Å². The number of aromatic nitrogens is 3. The standard InChI is InChI=1S/C12H11ClN4S/c1-2-14-12-16-7-10(18-12)9-6-15-11-5-8(13)3-4-17(9)11/h3-7H,2H2,1H3,(H,14,16). The Morgan fingerprint density at radius 1 is 1.39 bits per heavy atom. The van der Waals surface area contributed by atoms with Gasteiger partial charge in [0.25, 0.3) is 0 Å². The molecule has 0 unspecified atom stereocenters. The summed E-state index contributed by atoms with van der Waals surface area (Å²) in [4.78, 5) is 9.76. The summed E-state index contributed by atoms with van der Waals surface area (Å²) in [6.45, 7) is 2.92. The Kier molecular flexibility index (Phi) is 2.93. The van der Waals surface area contributed by atoms with Gasteiger partial charge in [0.1, 0.15) is 5.65 Å². The number of hydrogen-bond acceptors (Lipinski definition) is 4. The molecule has 0 bridgehead atoms. The molecule has 3 aromatic heterocycles. The van der Waals surface area contributed by atoms with Crippen LogP contribution in [0.1, 0.15) is 6.92 Å². The predicted molar refractivity (Wildman–Crippen MR) is 75.5 cm³/mol. The van der Waals surface area contributed by atoms with E-state index in [-0.39, 0.29) is 0 Å². The van der Waals surface area contributed by atoms with E-state index in [2.05, 4.69) is 22.2 Å². The molecular formula is C12H11ClN4S. The summed E-state index contributed by atoms with van der Waals surface area (Å²) in [5, 5.41) is 4.82. The normalized spacial score (nSPS) is 11.0.